The Bertz CT molecular complexity index is 1180. The SMILES string of the molecule is CCOC(=O)C1=C(N)Oc2c(c(=O)[nH]c3ccccc23)[C@H]1c1ccc(CC)cc1. The number of fused-ring (bicyclic) bond motifs is 3. The number of nitrogens with one attached hydrogen (secondary N) is 1. The molecule has 0 unspecified atom stereocenters. The number of pyridine rings is 1. The van der Waals surface area contributed by atoms with Gasteiger partial charge in [-0.05, 0) is 36.6 Å². The van der Waals surface area contributed by atoms with Gasteiger partial charge in [0.2, 0.25) is 5.88 Å². The number of hydrogen-bond donors (Lipinski definition) is 2. The molecule has 4 rings (SSSR count). The van der Waals surface area contributed by atoms with Crippen LogP contribution in [0.25, 0.3) is 10.9 Å². The van der Waals surface area contributed by atoms with Gasteiger partial charge >= 0.3 is 5.97 Å². The molecule has 29 heavy (non-hydrogen) atoms. The van der Waals surface area contributed by atoms with Gasteiger partial charge in [-0.3, -0.25) is 4.79 Å². The molecule has 2 aromatic carbocycles. The number of benzene rings is 2. The van der Waals surface area contributed by atoms with Crippen molar-refractivity contribution in [1.29, 1.82) is 0 Å². The minimum atomic E-state index is -0.683. The zero-order valence-electron chi connectivity index (χ0n) is 16.3. The lowest BCUT2D eigenvalue weighted by Crippen LogP contribution is -2.32. The number of aromatic nitrogens is 1. The van der Waals surface area contributed by atoms with Gasteiger partial charge in [-0.15, -0.1) is 0 Å². The van der Waals surface area contributed by atoms with Crippen LogP contribution < -0.4 is 16.0 Å². The molecule has 1 atom stereocenters. The maximum Gasteiger partial charge on any atom is 0.340 e. The maximum atomic E-state index is 13.1. The van der Waals surface area contributed by atoms with Crippen molar-refractivity contribution >= 4 is 16.9 Å². The topological polar surface area (TPSA) is 94.4 Å². The Morgan fingerprint density at radius 3 is 2.55 bits per heavy atom. The van der Waals surface area contributed by atoms with Crippen LogP contribution in [0, 0.1) is 0 Å². The Morgan fingerprint density at radius 1 is 1.14 bits per heavy atom. The van der Waals surface area contributed by atoms with Crippen molar-refractivity contribution in [1.82, 2.24) is 4.98 Å². The van der Waals surface area contributed by atoms with Gasteiger partial charge in [0, 0.05) is 5.39 Å². The molecule has 0 saturated heterocycles. The Balaban J connectivity index is 2.01. The number of esters is 1. The second-order valence-corrected chi connectivity index (χ2v) is 6.87. The molecule has 1 aromatic heterocycles. The van der Waals surface area contributed by atoms with E-state index in [9.17, 15) is 9.59 Å². The van der Waals surface area contributed by atoms with E-state index in [-0.39, 0.29) is 23.6 Å². The number of carbonyl (C=O) groups excluding carboxylic acids is 1. The number of nitrogens with two attached hydrogens (primary N) is 1. The summed E-state index contributed by atoms with van der Waals surface area (Å²) < 4.78 is 11.1. The minimum Gasteiger partial charge on any atom is -0.462 e. The molecule has 0 saturated carbocycles. The van der Waals surface area contributed by atoms with Crippen LogP contribution in [-0.4, -0.2) is 17.6 Å². The summed E-state index contributed by atoms with van der Waals surface area (Å²) in [6.45, 7) is 3.98. The van der Waals surface area contributed by atoms with E-state index in [0.29, 0.717) is 16.8 Å². The summed E-state index contributed by atoms with van der Waals surface area (Å²) in [4.78, 5) is 28.7. The molecule has 0 aliphatic carbocycles. The van der Waals surface area contributed by atoms with Gasteiger partial charge < -0.3 is 20.2 Å². The third-order valence-electron chi connectivity index (χ3n) is 5.18. The zero-order chi connectivity index (χ0) is 20.5. The second kappa shape index (κ2) is 7.47. The number of aryl methyl sites for hydroxylation is 1. The number of rotatable bonds is 4. The first-order valence-electron chi connectivity index (χ1n) is 9.63. The van der Waals surface area contributed by atoms with Gasteiger partial charge in [-0.25, -0.2) is 4.79 Å². The van der Waals surface area contributed by atoms with Crippen molar-refractivity contribution in [3.63, 3.8) is 0 Å². The largest absolute Gasteiger partial charge is 0.462 e. The Kier molecular flexibility index (Phi) is 4.84. The summed E-state index contributed by atoms with van der Waals surface area (Å²) in [6, 6.07) is 15.1. The fourth-order valence-electron chi connectivity index (χ4n) is 3.76. The lowest BCUT2D eigenvalue weighted by atomic mass is 9.82. The highest BCUT2D eigenvalue weighted by Gasteiger charge is 2.38. The first-order chi connectivity index (χ1) is 14.0. The normalized spacial score (nSPS) is 15.7. The maximum absolute atomic E-state index is 13.1. The van der Waals surface area contributed by atoms with E-state index in [2.05, 4.69) is 11.9 Å². The fraction of sp³-hybridized carbons (Fsp3) is 0.217. The summed E-state index contributed by atoms with van der Waals surface area (Å²) >= 11 is 0. The van der Waals surface area contributed by atoms with E-state index in [0.717, 1.165) is 22.9 Å². The van der Waals surface area contributed by atoms with Gasteiger partial charge in [0.1, 0.15) is 11.3 Å². The molecular weight excluding hydrogens is 368 g/mol. The predicted octanol–water partition coefficient (Wildman–Crippen LogP) is 3.35. The molecule has 3 N–H and O–H groups in total. The number of H-pyrrole nitrogens is 1. The summed E-state index contributed by atoms with van der Waals surface area (Å²) in [7, 11) is 0. The van der Waals surface area contributed by atoms with Crippen molar-refractivity contribution in [2.45, 2.75) is 26.2 Å². The average Bonchev–Trinajstić information content (AvgIpc) is 2.73. The molecule has 1 aliphatic heterocycles. The van der Waals surface area contributed by atoms with Crippen LogP contribution in [-0.2, 0) is 16.0 Å². The van der Waals surface area contributed by atoms with E-state index in [1.165, 1.54) is 0 Å². The smallest absolute Gasteiger partial charge is 0.340 e. The summed E-state index contributed by atoms with van der Waals surface area (Å²) in [5.74, 6) is -0.944. The number of aromatic amines is 1. The van der Waals surface area contributed by atoms with Crippen LogP contribution in [0.5, 0.6) is 5.75 Å². The Morgan fingerprint density at radius 2 is 1.86 bits per heavy atom. The summed E-state index contributed by atoms with van der Waals surface area (Å²) in [6.07, 6.45) is 0.887. The van der Waals surface area contributed by atoms with Crippen LogP contribution in [0.15, 0.2) is 64.8 Å². The zero-order valence-corrected chi connectivity index (χ0v) is 16.3. The number of para-hydroxylation sites is 1. The standard InChI is InChI=1S/C23H22N2O4/c1-3-13-9-11-14(12-10-13)17-18-20(29-21(24)19(17)23(27)28-4-2)15-7-5-6-8-16(15)25-22(18)26/h5-12,17H,3-4,24H2,1-2H3,(H,25,26)/t17-/m1/s1. The van der Waals surface area contributed by atoms with Gasteiger partial charge in [0.15, 0.2) is 0 Å². The quantitative estimate of drug-likeness (QED) is 0.666. The second-order valence-electron chi connectivity index (χ2n) is 6.87. The van der Waals surface area contributed by atoms with Crippen LogP contribution >= 0.6 is 0 Å². The average molecular weight is 390 g/mol. The minimum absolute atomic E-state index is 0.0451. The molecule has 6 nitrogen and oxygen atoms in total. The third-order valence-corrected chi connectivity index (χ3v) is 5.18. The van der Waals surface area contributed by atoms with Crippen molar-refractivity contribution in [2.75, 3.05) is 6.61 Å². The first kappa shape index (κ1) is 18.8. The van der Waals surface area contributed by atoms with E-state index in [4.69, 9.17) is 15.2 Å². The number of hydrogen-bond acceptors (Lipinski definition) is 5. The van der Waals surface area contributed by atoms with Crippen molar-refractivity contribution in [3.05, 3.63) is 87.0 Å². The molecule has 0 amide bonds. The Hall–Kier alpha value is -3.54. The van der Waals surface area contributed by atoms with Crippen LogP contribution in [0.4, 0.5) is 0 Å². The van der Waals surface area contributed by atoms with Gasteiger partial charge in [0.05, 0.1) is 23.6 Å². The Labute approximate surface area is 168 Å². The van der Waals surface area contributed by atoms with E-state index in [1.807, 2.05) is 42.5 Å². The molecule has 0 bridgehead atoms. The van der Waals surface area contributed by atoms with Crippen LogP contribution in [0.2, 0.25) is 0 Å². The van der Waals surface area contributed by atoms with Gasteiger partial charge in [-0.1, -0.05) is 43.3 Å². The van der Waals surface area contributed by atoms with Crippen molar-refractivity contribution in [3.8, 4) is 5.75 Å². The predicted molar refractivity (Wildman–Crippen MR) is 111 cm³/mol. The van der Waals surface area contributed by atoms with Crippen molar-refractivity contribution in [2.24, 2.45) is 5.73 Å². The molecule has 148 valence electrons. The van der Waals surface area contributed by atoms with Crippen LogP contribution in [0.1, 0.15) is 36.5 Å². The van der Waals surface area contributed by atoms with E-state index in [1.54, 1.807) is 13.0 Å². The number of ether oxygens (including phenoxy) is 2. The molecule has 0 fully saturated rings. The van der Waals surface area contributed by atoms with E-state index >= 15 is 0 Å². The summed E-state index contributed by atoms with van der Waals surface area (Å²) in [5, 5.41) is 0.725. The fourth-order valence-corrected chi connectivity index (χ4v) is 3.76. The molecule has 0 spiro atoms. The van der Waals surface area contributed by atoms with Crippen LogP contribution in [0.3, 0.4) is 0 Å². The molecule has 2 heterocycles. The van der Waals surface area contributed by atoms with E-state index < -0.39 is 11.9 Å². The number of carbonyl (C=O) groups is 1. The molecule has 1 aliphatic rings. The first-order valence-corrected chi connectivity index (χ1v) is 9.63. The lowest BCUT2D eigenvalue weighted by molar-refractivity contribution is -0.139. The molecular formula is C23H22N2O4. The van der Waals surface area contributed by atoms with Gasteiger partial charge in [0.25, 0.3) is 5.56 Å². The lowest BCUT2D eigenvalue weighted by Gasteiger charge is -2.28. The molecule has 6 heteroatoms. The highest BCUT2D eigenvalue weighted by molar-refractivity contribution is 5.95. The molecule has 0 radical (unpaired) electrons. The monoisotopic (exact) mass is 390 g/mol. The molecule has 3 aromatic rings. The van der Waals surface area contributed by atoms with Gasteiger partial charge in [-0.2, -0.15) is 0 Å². The highest BCUT2D eigenvalue weighted by Crippen LogP contribution is 2.43. The summed E-state index contributed by atoms with van der Waals surface area (Å²) in [5.41, 5.74) is 8.94. The highest BCUT2D eigenvalue weighted by atomic mass is 16.5. The van der Waals surface area contributed by atoms with Crippen molar-refractivity contribution < 1.29 is 14.3 Å². The third kappa shape index (κ3) is 3.16.